The van der Waals surface area contributed by atoms with Gasteiger partial charge in [-0.1, -0.05) is 54.1 Å². The smallest absolute Gasteiger partial charge is 0.257 e. The zero-order chi connectivity index (χ0) is 18.8. The van der Waals surface area contributed by atoms with Crippen LogP contribution in [0.3, 0.4) is 0 Å². The van der Waals surface area contributed by atoms with Crippen molar-refractivity contribution in [3.8, 4) is 0 Å². The van der Waals surface area contributed by atoms with Gasteiger partial charge in [-0.2, -0.15) is 0 Å². The maximum Gasteiger partial charge on any atom is 0.257 e. The standard InChI is InChI=1S/C22H18ClN3O/c1-15-24-20-13-17(25-22(27)18-9-5-6-10-19(18)23)11-12-21(20)26(15)14-16-7-3-2-4-8-16/h2-13H,14H2,1H3,(H,25,27). The van der Waals surface area contributed by atoms with Crippen LogP contribution in [-0.4, -0.2) is 15.5 Å². The molecule has 0 bridgehead atoms. The van der Waals surface area contributed by atoms with E-state index in [0.717, 1.165) is 23.4 Å². The summed E-state index contributed by atoms with van der Waals surface area (Å²) in [6.07, 6.45) is 0. The molecule has 1 aromatic heterocycles. The van der Waals surface area contributed by atoms with E-state index >= 15 is 0 Å². The Hall–Kier alpha value is -3.11. The first-order chi connectivity index (χ1) is 13.1. The predicted octanol–water partition coefficient (Wildman–Crippen LogP) is 5.30. The molecule has 27 heavy (non-hydrogen) atoms. The van der Waals surface area contributed by atoms with Gasteiger partial charge in [-0.15, -0.1) is 0 Å². The van der Waals surface area contributed by atoms with Crippen LogP contribution in [0, 0.1) is 6.92 Å². The second kappa shape index (κ2) is 7.25. The third-order valence-corrected chi connectivity index (χ3v) is 4.83. The van der Waals surface area contributed by atoms with Gasteiger partial charge < -0.3 is 9.88 Å². The summed E-state index contributed by atoms with van der Waals surface area (Å²) in [7, 11) is 0. The van der Waals surface area contributed by atoms with E-state index in [1.807, 2.05) is 43.3 Å². The van der Waals surface area contributed by atoms with Gasteiger partial charge in [0.15, 0.2) is 0 Å². The molecule has 0 unspecified atom stereocenters. The Labute approximate surface area is 162 Å². The molecule has 3 aromatic carbocycles. The molecular formula is C22H18ClN3O. The molecule has 0 saturated heterocycles. The second-order valence-electron chi connectivity index (χ2n) is 6.37. The SMILES string of the molecule is Cc1nc2cc(NC(=O)c3ccccc3Cl)ccc2n1Cc1ccccc1. The third-order valence-electron chi connectivity index (χ3n) is 4.50. The van der Waals surface area contributed by atoms with Crippen LogP contribution >= 0.6 is 11.6 Å². The number of halogens is 1. The van der Waals surface area contributed by atoms with Gasteiger partial charge in [-0.3, -0.25) is 4.79 Å². The summed E-state index contributed by atoms with van der Waals surface area (Å²) >= 11 is 6.11. The average Bonchev–Trinajstić information content (AvgIpc) is 2.97. The van der Waals surface area contributed by atoms with E-state index < -0.39 is 0 Å². The highest BCUT2D eigenvalue weighted by atomic mass is 35.5. The number of benzene rings is 3. The number of rotatable bonds is 4. The molecule has 0 aliphatic carbocycles. The lowest BCUT2D eigenvalue weighted by Gasteiger charge is -2.09. The molecule has 0 fully saturated rings. The monoisotopic (exact) mass is 375 g/mol. The van der Waals surface area contributed by atoms with Crippen molar-refractivity contribution in [1.82, 2.24) is 9.55 Å². The average molecular weight is 376 g/mol. The normalized spacial score (nSPS) is 10.9. The van der Waals surface area contributed by atoms with Gasteiger partial charge in [0.2, 0.25) is 0 Å². The lowest BCUT2D eigenvalue weighted by Crippen LogP contribution is -2.12. The molecule has 1 amide bonds. The van der Waals surface area contributed by atoms with Crippen molar-refractivity contribution >= 4 is 34.2 Å². The molecule has 0 atom stereocenters. The van der Waals surface area contributed by atoms with E-state index in [9.17, 15) is 4.79 Å². The van der Waals surface area contributed by atoms with Gasteiger partial charge in [0.25, 0.3) is 5.91 Å². The number of hydrogen-bond donors (Lipinski definition) is 1. The van der Waals surface area contributed by atoms with Crippen molar-refractivity contribution in [2.45, 2.75) is 13.5 Å². The lowest BCUT2D eigenvalue weighted by atomic mass is 10.2. The Morgan fingerprint density at radius 2 is 1.78 bits per heavy atom. The highest BCUT2D eigenvalue weighted by Crippen LogP contribution is 2.23. The maximum absolute atomic E-state index is 12.5. The Morgan fingerprint density at radius 3 is 2.56 bits per heavy atom. The summed E-state index contributed by atoms with van der Waals surface area (Å²) in [5, 5.41) is 3.33. The number of hydrogen-bond acceptors (Lipinski definition) is 2. The fourth-order valence-corrected chi connectivity index (χ4v) is 3.36. The molecule has 4 aromatic rings. The number of anilines is 1. The molecule has 0 radical (unpaired) electrons. The number of nitrogens with zero attached hydrogens (tertiary/aromatic N) is 2. The summed E-state index contributed by atoms with van der Waals surface area (Å²) in [5.41, 5.74) is 4.24. The van der Waals surface area contributed by atoms with E-state index in [1.165, 1.54) is 5.56 Å². The van der Waals surface area contributed by atoms with Crippen LogP contribution in [0.2, 0.25) is 5.02 Å². The summed E-state index contributed by atoms with van der Waals surface area (Å²) in [5.74, 6) is 0.698. The molecule has 134 valence electrons. The molecule has 4 rings (SSSR count). The summed E-state index contributed by atoms with van der Waals surface area (Å²) in [4.78, 5) is 17.1. The summed E-state index contributed by atoms with van der Waals surface area (Å²) in [6.45, 7) is 2.75. The minimum atomic E-state index is -0.236. The molecule has 1 heterocycles. The molecule has 0 aliphatic heterocycles. The molecule has 1 N–H and O–H groups in total. The fraction of sp³-hybridized carbons (Fsp3) is 0.0909. The Bertz CT molecular complexity index is 1120. The van der Waals surface area contributed by atoms with E-state index in [0.29, 0.717) is 16.3 Å². The van der Waals surface area contributed by atoms with Crippen LogP contribution in [0.4, 0.5) is 5.69 Å². The summed E-state index contributed by atoms with van der Waals surface area (Å²) in [6, 6.07) is 23.0. The van der Waals surface area contributed by atoms with Crippen LogP contribution in [0.15, 0.2) is 72.8 Å². The molecule has 0 spiro atoms. The zero-order valence-corrected chi connectivity index (χ0v) is 15.6. The highest BCUT2D eigenvalue weighted by Gasteiger charge is 2.12. The Balaban J connectivity index is 1.62. The van der Waals surface area contributed by atoms with E-state index in [2.05, 4.69) is 27.0 Å². The third kappa shape index (κ3) is 3.57. The molecular weight excluding hydrogens is 358 g/mol. The highest BCUT2D eigenvalue weighted by molar-refractivity contribution is 6.34. The number of aryl methyl sites for hydroxylation is 1. The first-order valence-corrected chi connectivity index (χ1v) is 9.06. The van der Waals surface area contributed by atoms with Crippen molar-refractivity contribution in [3.63, 3.8) is 0 Å². The van der Waals surface area contributed by atoms with Gasteiger partial charge in [-0.05, 0) is 42.8 Å². The predicted molar refractivity (Wildman–Crippen MR) is 109 cm³/mol. The van der Waals surface area contributed by atoms with Crippen LogP contribution in [0.25, 0.3) is 11.0 Å². The Morgan fingerprint density at radius 1 is 1.04 bits per heavy atom. The summed E-state index contributed by atoms with van der Waals surface area (Å²) < 4.78 is 2.17. The van der Waals surface area contributed by atoms with Crippen LogP contribution < -0.4 is 5.32 Å². The number of imidazole rings is 1. The largest absolute Gasteiger partial charge is 0.324 e. The molecule has 0 aliphatic rings. The van der Waals surface area contributed by atoms with E-state index in [1.54, 1.807) is 24.3 Å². The number of nitrogens with one attached hydrogen (secondary N) is 1. The lowest BCUT2D eigenvalue weighted by molar-refractivity contribution is 0.102. The number of carbonyl (C=O) groups excluding carboxylic acids is 1. The fourth-order valence-electron chi connectivity index (χ4n) is 3.14. The number of amides is 1. The van der Waals surface area contributed by atoms with Gasteiger partial charge >= 0.3 is 0 Å². The maximum atomic E-state index is 12.5. The van der Waals surface area contributed by atoms with Crippen LogP contribution in [0.5, 0.6) is 0 Å². The number of carbonyl (C=O) groups is 1. The van der Waals surface area contributed by atoms with Gasteiger partial charge in [0.1, 0.15) is 5.82 Å². The van der Waals surface area contributed by atoms with E-state index in [-0.39, 0.29) is 5.91 Å². The van der Waals surface area contributed by atoms with Crippen molar-refractivity contribution in [1.29, 1.82) is 0 Å². The van der Waals surface area contributed by atoms with Crippen molar-refractivity contribution in [2.75, 3.05) is 5.32 Å². The van der Waals surface area contributed by atoms with Crippen LogP contribution in [0.1, 0.15) is 21.7 Å². The first kappa shape index (κ1) is 17.3. The minimum absolute atomic E-state index is 0.236. The van der Waals surface area contributed by atoms with E-state index in [4.69, 9.17) is 11.6 Å². The Kier molecular flexibility index (Phi) is 4.65. The molecule has 0 saturated carbocycles. The van der Waals surface area contributed by atoms with Gasteiger partial charge in [0, 0.05) is 12.2 Å². The van der Waals surface area contributed by atoms with Crippen molar-refractivity contribution < 1.29 is 4.79 Å². The van der Waals surface area contributed by atoms with Crippen molar-refractivity contribution in [3.05, 3.63) is 94.8 Å². The molecule has 5 heteroatoms. The zero-order valence-electron chi connectivity index (χ0n) is 14.8. The van der Waals surface area contributed by atoms with Gasteiger partial charge in [-0.25, -0.2) is 4.98 Å². The minimum Gasteiger partial charge on any atom is -0.324 e. The van der Waals surface area contributed by atoms with Crippen molar-refractivity contribution in [2.24, 2.45) is 0 Å². The topological polar surface area (TPSA) is 46.9 Å². The quantitative estimate of drug-likeness (QED) is 0.526. The first-order valence-electron chi connectivity index (χ1n) is 8.68. The number of aromatic nitrogens is 2. The molecule has 4 nitrogen and oxygen atoms in total. The van der Waals surface area contributed by atoms with Crippen LogP contribution in [-0.2, 0) is 6.54 Å². The second-order valence-corrected chi connectivity index (χ2v) is 6.78. The van der Waals surface area contributed by atoms with Gasteiger partial charge in [0.05, 0.1) is 21.6 Å². The number of fused-ring (bicyclic) bond motifs is 1.